The molecule has 1 aromatic rings. The topological polar surface area (TPSA) is 131 Å². The van der Waals surface area contributed by atoms with Gasteiger partial charge in [-0.05, 0) is 0 Å². The summed E-state index contributed by atoms with van der Waals surface area (Å²) in [5, 5.41) is 21.1. The summed E-state index contributed by atoms with van der Waals surface area (Å²) >= 11 is 0. The highest BCUT2D eigenvalue weighted by atomic mass is 16.3. The largest absolute Gasteiger partial charge is 0.494 e. The minimum absolute atomic E-state index is 0.106. The van der Waals surface area contributed by atoms with Crippen LogP contribution in [0.1, 0.15) is 5.56 Å². The second-order valence-corrected chi connectivity index (χ2v) is 2.56. The summed E-state index contributed by atoms with van der Waals surface area (Å²) in [6.45, 7) is 0.115. The molecule has 0 aliphatic carbocycles. The van der Waals surface area contributed by atoms with Crippen molar-refractivity contribution in [3.05, 3.63) is 26.4 Å². The van der Waals surface area contributed by atoms with Crippen LogP contribution in [0.5, 0.6) is 5.88 Å². The average Bonchev–Trinajstić information content (AvgIpc) is 2.15. The van der Waals surface area contributed by atoms with Crippen LogP contribution in [0.25, 0.3) is 0 Å². The Bertz CT molecular complexity index is 461. The summed E-state index contributed by atoms with van der Waals surface area (Å²) < 4.78 is 0. The zero-order chi connectivity index (χ0) is 11.3. The first-order valence-electron chi connectivity index (χ1n) is 4.07. The molecule has 1 aromatic heterocycles. The molecule has 0 spiro atoms. The predicted molar refractivity (Wildman–Crippen MR) is 52.0 cm³/mol. The molecular formula is C7H10N4O4. The first-order chi connectivity index (χ1) is 7.15. The smallest absolute Gasteiger partial charge is 0.328 e. The van der Waals surface area contributed by atoms with Crippen molar-refractivity contribution >= 4 is 6.21 Å². The van der Waals surface area contributed by atoms with E-state index in [1.165, 1.54) is 0 Å². The Hall–Kier alpha value is -2.09. The summed E-state index contributed by atoms with van der Waals surface area (Å²) in [4.78, 5) is 25.7. The highest BCUT2D eigenvalue weighted by Crippen LogP contribution is 2.00. The zero-order valence-corrected chi connectivity index (χ0v) is 7.65. The van der Waals surface area contributed by atoms with Crippen LogP contribution in [-0.4, -0.2) is 39.5 Å². The van der Waals surface area contributed by atoms with Crippen LogP contribution in [0.4, 0.5) is 0 Å². The molecule has 0 saturated heterocycles. The van der Waals surface area contributed by atoms with Gasteiger partial charge in [-0.15, -0.1) is 0 Å². The number of aromatic amines is 2. The molecule has 0 aromatic carbocycles. The van der Waals surface area contributed by atoms with Gasteiger partial charge in [0.05, 0.1) is 19.4 Å². The number of rotatable bonds is 4. The Kier molecular flexibility index (Phi) is 3.63. The van der Waals surface area contributed by atoms with Gasteiger partial charge in [-0.3, -0.25) is 14.8 Å². The predicted octanol–water partition coefficient (Wildman–Crippen LogP) is -2.32. The Morgan fingerprint density at radius 1 is 1.40 bits per heavy atom. The Morgan fingerprint density at radius 2 is 2.13 bits per heavy atom. The maximum atomic E-state index is 11.1. The molecule has 1 heterocycles. The molecule has 15 heavy (non-hydrogen) atoms. The van der Waals surface area contributed by atoms with Gasteiger partial charge in [-0.2, -0.15) is 5.10 Å². The summed E-state index contributed by atoms with van der Waals surface area (Å²) in [5.74, 6) is -0.557. The number of aliphatic hydroxyl groups is 1. The molecular weight excluding hydrogens is 204 g/mol. The van der Waals surface area contributed by atoms with Crippen LogP contribution < -0.4 is 16.7 Å². The average molecular weight is 214 g/mol. The number of aromatic nitrogens is 2. The third kappa shape index (κ3) is 2.95. The molecule has 8 nitrogen and oxygen atoms in total. The van der Waals surface area contributed by atoms with Crippen molar-refractivity contribution in [2.45, 2.75) is 0 Å². The summed E-state index contributed by atoms with van der Waals surface area (Å²) in [6, 6.07) is 0. The second kappa shape index (κ2) is 4.96. The fourth-order valence-electron chi connectivity index (χ4n) is 0.829. The minimum Gasteiger partial charge on any atom is -0.494 e. The standard InChI is InChI=1S/C7H10N4O4/c12-2-1-8-9-3-4-5(13)10-7(15)11-6(4)14/h3,8,12H,1-2H2,(H3,10,11,13,14,15)/b9-3+. The first-order valence-corrected chi connectivity index (χ1v) is 4.07. The van der Waals surface area contributed by atoms with Gasteiger partial charge in [0.15, 0.2) is 0 Å². The van der Waals surface area contributed by atoms with Crippen molar-refractivity contribution in [1.29, 1.82) is 0 Å². The van der Waals surface area contributed by atoms with Crippen LogP contribution in [0.3, 0.4) is 0 Å². The highest BCUT2D eigenvalue weighted by molar-refractivity contribution is 5.81. The summed E-state index contributed by atoms with van der Waals surface area (Å²) in [5.41, 5.74) is 0.711. The molecule has 82 valence electrons. The van der Waals surface area contributed by atoms with Gasteiger partial charge < -0.3 is 15.6 Å². The summed E-state index contributed by atoms with van der Waals surface area (Å²) in [7, 11) is 0. The highest BCUT2D eigenvalue weighted by Gasteiger charge is 2.04. The van der Waals surface area contributed by atoms with Crippen molar-refractivity contribution in [1.82, 2.24) is 15.4 Å². The molecule has 0 saturated carbocycles. The molecule has 0 fully saturated rings. The van der Waals surface area contributed by atoms with E-state index in [1.54, 1.807) is 0 Å². The van der Waals surface area contributed by atoms with E-state index in [9.17, 15) is 14.7 Å². The van der Waals surface area contributed by atoms with E-state index in [0.29, 0.717) is 0 Å². The fraction of sp³-hybridized carbons (Fsp3) is 0.286. The van der Waals surface area contributed by atoms with E-state index in [2.05, 4.69) is 10.5 Å². The lowest BCUT2D eigenvalue weighted by atomic mass is 10.3. The van der Waals surface area contributed by atoms with E-state index < -0.39 is 17.1 Å². The minimum atomic E-state index is -0.794. The number of hydrazone groups is 1. The van der Waals surface area contributed by atoms with Gasteiger partial charge in [-0.25, -0.2) is 4.79 Å². The number of H-pyrrole nitrogens is 2. The second-order valence-electron chi connectivity index (χ2n) is 2.56. The SMILES string of the molecule is O=c1[nH]c(O)c(/C=N/NCCO)c(=O)[nH]1. The number of aliphatic hydroxyl groups excluding tert-OH is 1. The summed E-state index contributed by atoms with van der Waals surface area (Å²) in [6.07, 6.45) is 1.04. The van der Waals surface area contributed by atoms with Crippen molar-refractivity contribution in [3.63, 3.8) is 0 Å². The monoisotopic (exact) mass is 214 g/mol. The molecule has 0 unspecified atom stereocenters. The van der Waals surface area contributed by atoms with Gasteiger partial charge in [-0.1, -0.05) is 0 Å². The van der Waals surface area contributed by atoms with Gasteiger partial charge in [0.1, 0.15) is 5.56 Å². The molecule has 0 aliphatic heterocycles. The van der Waals surface area contributed by atoms with Crippen molar-refractivity contribution in [3.8, 4) is 5.88 Å². The number of nitrogens with one attached hydrogen (secondary N) is 3. The first kappa shape index (κ1) is 11.0. The molecule has 5 N–H and O–H groups in total. The lowest BCUT2D eigenvalue weighted by Gasteiger charge is -1.96. The zero-order valence-electron chi connectivity index (χ0n) is 7.65. The molecule has 1 rings (SSSR count). The molecule has 0 amide bonds. The van der Waals surface area contributed by atoms with E-state index in [-0.39, 0.29) is 18.7 Å². The van der Waals surface area contributed by atoms with Crippen molar-refractivity contribution in [2.24, 2.45) is 5.10 Å². The van der Waals surface area contributed by atoms with Gasteiger partial charge in [0.2, 0.25) is 5.88 Å². The normalized spacial score (nSPS) is 10.7. The van der Waals surface area contributed by atoms with Crippen molar-refractivity contribution in [2.75, 3.05) is 13.2 Å². The molecule has 0 atom stereocenters. The van der Waals surface area contributed by atoms with E-state index in [1.807, 2.05) is 9.97 Å². The number of aromatic hydroxyl groups is 1. The lowest BCUT2D eigenvalue weighted by Crippen LogP contribution is -2.25. The van der Waals surface area contributed by atoms with Gasteiger partial charge in [0.25, 0.3) is 5.56 Å². The molecule has 0 radical (unpaired) electrons. The number of nitrogens with zero attached hydrogens (tertiary/aromatic N) is 1. The van der Waals surface area contributed by atoms with Gasteiger partial charge in [0, 0.05) is 0 Å². The van der Waals surface area contributed by atoms with Crippen molar-refractivity contribution < 1.29 is 10.2 Å². The molecule has 0 bridgehead atoms. The Morgan fingerprint density at radius 3 is 2.73 bits per heavy atom. The lowest BCUT2D eigenvalue weighted by molar-refractivity contribution is 0.294. The fourth-order valence-corrected chi connectivity index (χ4v) is 0.829. The maximum Gasteiger partial charge on any atom is 0.328 e. The Labute approximate surface area is 83.3 Å². The van der Waals surface area contributed by atoms with Crippen LogP contribution in [-0.2, 0) is 0 Å². The third-order valence-electron chi connectivity index (χ3n) is 1.47. The number of hydrogen-bond donors (Lipinski definition) is 5. The van der Waals surface area contributed by atoms with Crippen LogP contribution in [0, 0.1) is 0 Å². The molecule has 8 heteroatoms. The molecule has 0 aliphatic rings. The van der Waals surface area contributed by atoms with Crippen LogP contribution >= 0.6 is 0 Å². The van der Waals surface area contributed by atoms with Crippen LogP contribution in [0.15, 0.2) is 14.7 Å². The quantitative estimate of drug-likeness (QED) is 0.218. The van der Waals surface area contributed by atoms with E-state index in [4.69, 9.17) is 5.11 Å². The van der Waals surface area contributed by atoms with Crippen LogP contribution in [0.2, 0.25) is 0 Å². The maximum absolute atomic E-state index is 11.1. The third-order valence-corrected chi connectivity index (χ3v) is 1.47. The Balaban J connectivity index is 2.90. The van der Waals surface area contributed by atoms with E-state index >= 15 is 0 Å². The number of hydrogen-bond acceptors (Lipinski definition) is 6. The van der Waals surface area contributed by atoms with Gasteiger partial charge >= 0.3 is 5.69 Å². The van der Waals surface area contributed by atoms with E-state index in [0.717, 1.165) is 6.21 Å².